The molecule has 90 valence electrons. The number of benzene rings is 1. The molecule has 1 aromatic carbocycles. The number of nitrogens with zero attached hydrogens (tertiary/aromatic N) is 2. The van der Waals surface area contributed by atoms with Gasteiger partial charge in [0.25, 0.3) is 0 Å². The lowest BCUT2D eigenvalue weighted by atomic mass is 10.1. The van der Waals surface area contributed by atoms with Gasteiger partial charge in [-0.2, -0.15) is 5.26 Å². The number of aromatic nitrogens is 1. The largest absolute Gasteiger partial charge is 0.396 e. The molecule has 0 bridgehead atoms. The van der Waals surface area contributed by atoms with Crippen LogP contribution in [-0.4, -0.2) is 4.98 Å². The van der Waals surface area contributed by atoms with Crippen LogP contribution in [0.5, 0.6) is 0 Å². The van der Waals surface area contributed by atoms with E-state index in [1.807, 2.05) is 19.1 Å². The van der Waals surface area contributed by atoms with Crippen molar-refractivity contribution in [2.24, 2.45) is 0 Å². The van der Waals surface area contributed by atoms with Crippen LogP contribution < -0.4 is 11.1 Å². The highest BCUT2D eigenvalue weighted by Gasteiger charge is 2.07. The number of nitrogens with one attached hydrogen (secondary N) is 1. The van der Waals surface area contributed by atoms with Gasteiger partial charge < -0.3 is 11.1 Å². The molecule has 1 aromatic heterocycles. The molecule has 0 aliphatic heterocycles. The molecule has 0 saturated heterocycles. The molecular formula is C14H14N4. The third-order valence-electron chi connectivity index (χ3n) is 2.73. The number of nitrogens with two attached hydrogens (primary N) is 1. The van der Waals surface area contributed by atoms with Crippen molar-refractivity contribution in [1.82, 2.24) is 4.98 Å². The summed E-state index contributed by atoms with van der Waals surface area (Å²) in [5.74, 6) is 0.675. The lowest BCUT2D eigenvalue weighted by Gasteiger charge is -2.16. The number of hydrogen-bond acceptors (Lipinski definition) is 4. The molecule has 1 unspecified atom stereocenters. The van der Waals surface area contributed by atoms with Gasteiger partial charge in [0.1, 0.15) is 5.82 Å². The Morgan fingerprint density at radius 3 is 2.61 bits per heavy atom. The Labute approximate surface area is 106 Å². The van der Waals surface area contributed by atoms with Crippen molar-refractivity contribution in [2.45, 2.75) is 13.0 Å². The van der Waals surface area contributed by atoms with E-state index < -0.39 is 0 Å². The van der Waals surface area contributed by atoms with Crippen molar-refractivity contribution < 1.29 is 0 Å². The standard InChI is InChI=1S/C14H14N4/c1-10(12-6-4-11(9-15)5-7-12)18-14-13(16)3-2-8-17-14/h2-8,10H,16H2,1H3,(H,17,18). The van der Waals surface area contributed by atoms with Gasteiger partial charge >= 0.3 is 0 Å². The van der Waals surface area contributed by atoms with E-state index in [0.29, 0.717) is 17.1 Å². The molecule has 0 fully saturated rings. The SMILES string of the molecule is CC(Nc1ncccc1N)c1ccc(C#N)cc1. The average molecular weight is 238 g/mol. The Kier molecular flexibility index (Phi) is 3.44. The van der Waals surface area contributed by atoms with E-state index >= 15 is 0 Å². The zero-order valence-electron chi connectivity index (χ0n) is 10.1. The summed E-state index contributed by atoms with van der Waals surface area (Å²) in [5.41, 5.74) is 8.19. The highest BCUT2D eigenvalue weighted by molar-refractivity contribution is 5.61. The molecule has 0 aliphatic rings. The number of nitrogen functional groups attached to an aromatic ring is 1. The second-order valence-corrected chi connectivity index (χ2v) is 4.04. The van der Waals surface area contributed by atoms with E-state index in [0.717, 1.165) is 5.56 Å². The highest BCUT2D eigenvalue weighted by atomic mass is 15.0. The monoisotopic (exact) mass is 238 g/mol. The van der Waals surface area contributed by atoms with Gasteiger partial charge in [0.05, 0.1) is 23.4 Å². The number of pyridine rings is 1. The second kappa shape index (κ2) is 5.19. The van der Waals surface area contributed by atoms with Gasteiger partial charge in [-0.25, -0.2) is 4.98 Å². The molecule has 2 rings (SSSR count). The molecule has 0 spiro atoms. The predicted molar refractivity (Wildman–Crippen MR) is 71.8 cm³/mol. The first-order chi connectivity index (χ1) is 8.70. The Bertz CT molecular complexity index is 569. The number of anilines is 2. The Morgan fingerprint density at radius 1 is 1.28 bits per heavy atom. The van der Waals surface area contributed by atoms with E-state index in [1.54, 1.807) is 30.5 Å². The smallest absolute Gasteiger partial charge is 0.149 e. The molecule has 3 N–H and O–H groups in total. The molecule has 4 heteroatoms. The fourth-order valence-electron chi connectivity index (χ4n) is 1.67. The minimum absolute atomic E-state index is 0.0787. The van der Waals surface area contributed by atoms with Crippen molar-refractivity contribution in [2.75, 3.05) is 11.1 Å². The van der Waals surface area contributed by atoms with Crippen molar-refractivity contribution in [3.8, 4) is 6.07 Å². The van der Waals surface area contributed by atoms with Gasteiger partial charge in [0.15, 0.2) is 0 Å². The number of rotatable bonds is 3. The van der Waals surface area contributed by atoms with Gasteiger partial charge in [0.2, 0.25) is 0 Å². The van der Waals surface area contributed by atoms with Crippen LogP contribution in [0, 0.1) is 11.3 Å². The molecule has 1 atom stereocenters. The first-order valence-electron chi connectivity index (χ1n) is 5.68. The van der Waals surface area contributed by atoms with Crippen LogP contribution >= 0.6 is 0 Å². The van der Waals surface area contributed by atoms with Gasteiger partial charge in [-0.15, -0.1) is 0 Å². The van der Waals surface area contributed by atoms with E-state index in [-0.39, 0.29) is 6.04 Å². The molecule has 4 nitrogen and oxygen atoms in total. The maximum atomic E-state index is 8.75. The summed E-state index contributed by atoms with van der Waals surface area (Å²) in [5, 5.41) is 12.0. The fourth-order valence-corrected chi connectivity index (χ4v) is 1.67. The summed E-state index contributed by atoms with van der Waals surface area (Å²) in [6.45, 7) is 2.02. The molecule has 1 heterocycles. The van der Waals surface area contributed by atoms with Crippen LogP contribution in [0.2, 0.25) is 0 Å². The zero-order chi connectivity index (χ0) is 13.0. The first-order valence-corrected chi connectivity index (χ1v) is 5.68. The van der Waals surface area contributed by atoms with Crippen LogP contribution in [0.15, 0.2) is 42.6 Å². The molecule has 0 radical (unpaired) electrons. The molecular weight excluding hydrogens is 224 g/mol. The highest BCUT2D eigenvalue weighted by Crippen LogP contribution is 2.21. The Hall–Kier alpha value is -2.54. The molecule has 0 amide bonds. The summed E-state index contributed by atoms with van der Waals surface area (Å²) in [6.07, 6.45) is 1.70. The normalized spacial score (nSPS) is 11.6. The lowest BCUT2D eigenvalue weighted by molar-refractivity contribution is 0.875. The zero-order valence-corrected chi connectivity index (χ0v) is 10.1. The average Bonchev–Trinajstić information content (AvgIpc) is 2.41. The summed E-state index contributed by atoms with van der Waals surface area (Å²) in [7, 11) is 0. The second-order valence-electron chi connectivity index (χ2n) is 4.04. The third kappa shape index (κ3) is 2.58. The van der Waals surface area contributed by atoms with Crippen LogP contribution in [0.4, 0.5) is 11.5 Å². The topological polar surface area (TPSA) is 74.7 Å². The van der Waals surface area contributed by atoms with Crippen LogP contribution in [0.1, 0.15) is 24.1 Å². The maximum Gasteiger partial charge on any atom is 0.149 e. The fraction of sp³-hybridized carbons (Fsp3) is 0.143. The summed E-state index contributed by atoms with van der Waals surface area (Å²) < 4.78 is 0. The van der Waals surface area contributed by atoms with Gasteiger partial charge in [-0.1, -0.05) is 12.1 Å². The molecule has 18 heavy (non-hydrogen) atoms. The third-order valence-corrected chi connectivity index (χ3v) is 2.73. The molecule has 0 aliphatic carbocycles. The molecule has 2 aromatic rings. The van der Waals surface area contributed by atoms with Gasteiger partial charge in [-0.05, 0) is 36.8 Å². The van der Waals surface area contributed by atoms with Gasteiger partial charge in [0, 0.05) is 6.20 Å². The van der Waals surface area contributed by atoms with Crippen LogP contribution in [0.25, 0.3) is 0 Å². The van der Waals surface area contributed by atoms with Crippen LogP contribution in [0.3, 0.4) is 0 Å². The van der Waals surface area contributed by atoms with E-state index in [4.69, 9.17) is 11.0 Å². The van der Waals surface area contributed by atoms with Crippen molar-refractivity contribution >= 4 is 11.5 Å². The first kappa shape index (κ1) is 11.9. The van der Waals surface area contributed by atoms with E-state index in [9.17, 15) is 0 Å². The van der Waals surface area contributed by atoms with Gasteiger partial charge in [-0.3, -0.25) is 0 Å². The predicted octanol–water partition coefficient (Wildman–Crippen LogP) is 2.71. The van der Waals surface area contributed by atoms with Crippen molar-refractivity contribution in [3.05, 3.63) is 53.7 Å². The lowest BCUT2D eigenvalue weighted by Crippen LogP contribution is -2.09. The minimum atomic E-state index is 0.0787. The van der Waals surface area contributed by atoms with Crippen LogP contribution in [-0.2, 0) is 0 Å². The van der Waals surface area contributed by atoms with Crippen molar-refractivity contribution in [3.63, 3.8) is 0 Å². The molecule has 0 saturated carbocycles. The quantitative estimate of drug-likeness (QED) is 0.862. The Morgan fingerprint density at radius 2 is 2.00 bits per heavy atom. The van der Waals surface area contributed by atoms with E-state index in [1.165, 1.54) is 0 Å². The van der Waals surface area contributed by atoms with E-state index in [2.05, 4.69) is 16.4 Å². The Balaban J connectivity index is 2.15. The minimum Gasteiger partial charge on any atom is -0.396 e. The maximum absolute atomic E-state index is 8.75. The van der Waals surface area contributed by atoms with Crippen molar-refractivity contribution in [1.29, 1.82) is 5.26 Å². The summed E-state index contributed by atoms with van der Waals surface area (Å²) in [6, 6.07) is 13.2. The summed E-state index contributed by atoms with van der Waals surface area (Å²) >= 11 is 0. The number of nitriles is 1. The number of hydrogen-bond donors (Lipinski definition) is 2. The summed E-state index contributed by atoms with van der Waals surface area (Å²) in [4.78, 5) is 4.19.